The van der Waals surface area contributed by atoms with E-state index in [-0.39, 0.29) is 17.7 Å². The van der Waals surface area contributed by atoms with Crippen LogP contribution in [0.4, 0.5) is 13.2 Å². The number of H-pyrrole nitrogens is 1. The first-order valence-electron chi connectivity index (χ1n) is 12.5. The van der Waals surface area contributed by atoms with E-state index in [2.05, 4.69) is 20.1 Å². The highest BCUT2D eigenvalue weighted by Crippen LogP contribution is 2.33. The van der Waals surface area contributed by atoms with Gasteiger partial charge in [-0.05, 0) is 49.6 Å². The number of carboxylic acid groups (broad SMARTS) is 1. The van der Waals surface area contributed by atoms with Gasteiger partial charge in [0.25, 0.3) is 5.95 Å². The molecule has 222 valence electrons. The molecule has 1 unspecified atom stereocenters. The molecule has 0 spiro atoms. The van der Waals surface area contributed by atoms with Gasteiger partial charge in [0.05, 0.1) is 13.2 Å². The van der Waals surface area contributed by atoms with Crippen LogP contribution in [0.5, 0.6) is 11.5 Å². The fraction of sp³-hybridized carbons (Fsp3) is 0.259. The second-order valence-electron chi connectivity index (χ2n) is 8.55. The molecule has 4 aromatic rings. The number of amidine groups is 1. The van der Waals surface area contributed by atoms with Crippen molar-refractivity contribution in [2.45, 2.75) is 32.4 Å². The number of benzene rings is 2. The molecule has 0 fully saturated rings. The van der Waals surface area contributed by atoms with Gasteiger partial charge in [0.15, 0.2) is 0 Å². The van der Waals surface area contributed by atoms with Gasteiger partial charge in [-0.3, -0.25) is 10.4 Å². The molecule has 2 aromatic carbocycles. The van der Waals surface area contributed by atoms with Crippen LogP contribution in [-0.4, -0.2) is 61.0 Å². The molecular weight excluding hydrogens is 559 g/mol. The molecule has 15 heteroatoms. The zero-order chi connectivity index (χ0) is 30.9. The number of ether oxygens (including phenoxy) is 2. The average molecular weight is 588 g/mol. The van der Waals surface area contributed by atoms with E-state index >= 15 is 0 Å². The van der Waals surface area contributed by atoms with Crippen molar-refractivity contribution in [3.8, 4) is 17.4 Å². The van der Waals surface area contributed by atoms with E-state index in [4.69, 9.17) is 30.5 Å². The summed E-state index contributed by atoms with van der Waals surface area (Å²) in [4.78, 5) is 32.8. The Balaban J connectivity index is 0.000000616. The molecule has 2 aromatic heterocycles. The summed E-state index contributed by atoms with van der Waals surface area (Å²) in [5.74, 6) is -1.12. The predicted molar refractivity (Wildman–Crippen MR) is 145 cm³/mol. The minimum Gasteiger partial charge on any atom is -0.494 e. The third-order valence-corrected chi connectivity index (χ3v) is 5.58. The predicted octanol–water partition coefficient (Wildman–Crippen LogP) is 3.44. The summed E-state index contributed by atoms with van der Waals surface area (Å²) in [5.41, 5.74) is 7.65. The third-order valence-electron chi connectivity index (χ3n) is 5.58. The number of halogens is 3. The van der Waals surface area contributed by atoms with E-state index in [1.807, 2.05) is 44.2 Å². The summed E-state index contributed by atoms with van der Waals surface area (Å²) in [5, 5.41) is 19.3. The van der Waals surface area contributed by atoms with E-state index in [0.717, 1.165) is 15.8 Å². The zero-order valence-corrected chi connectivity index (χ0v) is 22.6. The van der Waals surface area contributed by atoms with Crippen LogP contribution in [0.1, 0.15) is 42.3 Å². The molecule has 0 aliphatic rings. The molecule has 1 atom stereocenters. The van der Waals surface area contributed by atoms with Gasteiger partial charge in [0.2, 0.25) is 0 Å². The summed E-state index contributed by atoms with van der Waals surface area (Å²) < 4.78 is 44.4. The Bertz CT molecular complexity index is 1530. The summed E-state index contributed by atoms with van der Waals surface area (Å²) in [7, 11) is 0. The van der Waals surface area contributed by atoms with Crippen molar-refractivity contribution in [2.75, 3.05) is 13.2 Å². The zero-order valence-electron chi connectivity index (χ0n) is 22.6. The number of aliphatic carboxylic acids is 1. The number of aromatic nitrogens is 5. The molecule has 0 bridgehead atoms. The number of nitrogens with two attached hydrogens (primary N) is 1. The molecule has 42 heavy (non-hydrogen) atoms. The number of alkyl halides is 3. The van der Waals surface area contributed by atoms with Gasteiger partial charge in [0, 0.05) is 29.9 Å². The van der Waals surface area contributed by atoms with Gasteiger partial charge >= 0.3 is 17.8 Å². The number of nitrogen functional groups attached to an aromatic ring is 1. The summed E-state index contributed by atoms with van der Waals surface area (Å²) >= 11 is 0. The lowest BCUT2D eigenvalue weighted by Crippen LogP contribution is -2.21. The van der Waals surface area contributed by atoms with Crippen LogP contribution in [0.2, 0.25) is 0 Å². The Morgan fingerprint density at radius 2 is 1.62 bits per heavy atom. The molecule has 0 amide bonds. The van der Waals surface area contributed by atoms with Crippen molar-refractivity contribution in [3.63, 3.8) is 0 Å². The van der Waals surface area contributed by atoms with E-state index in [1.165, 1.54) is 0 Å². The number of nitrogens with one attached hydrogen (secondary N) is 2. The monoisotopic (exact) mass is 587 g/mol. The quantitative estimate of drug-likeness (QED) is 0.160. The van der Waals surface area contributed by atoms with Crippen molar-refractivity contribution >= 4 is 11.8 Å². The Hall–Kier alpha value is -5.21. The number of aromatic amines is 1. The van der Waals surface area contributed by atoms with Gasteiger partial charge < -0.3 is 20.3 Å². The van der Waals surface area contributed by atoms with Crippen molar-refractivity contribution < 1.29 is 32.5 Å². The molecule has 0 aliphatic carbocycles. The highest BCUT2D eigenvalue weighted by molar-refractivity contribution is 5.94. The number of rotatable bonds is 10. The Morgan fingerprint density at radius 3 is 2.10 bits per heavy atom. The van der Waals surface area contributed by atoms with Crippen LogP contribution in [-0.2, 0) is 11.2 Å². The van der Waals surface area contributed by atoms with Gasteiger partial charge in [-0.1, -0.05) is 24.3 Å². The number of nitrogens with zero attached hydrogens (tertiary/aromatic N) is 4. The first kappa shape index (κ1) is 31.3. The normalized spacial score (nSPS) is 11.6. The van der Waals surface area contributed by atoms with E-state index in [0.29, 0.717) is 42.5 Å². The van der Waals surface area contributed by atoms with E-state index in [9.17, 15) is 18.0 Å². The Labute approximate surface area is 237 Å². The molecular formula is C27H28F3N7O5. The largest absolute Gasteiger partial charge is 0.494 e. The van der Waals surface area contributed by atoms with Crippen molar-refractivity contribution in [1.29, 1.82) is 5.41 Å². The molecule has 4 rings (SSSR count). The lowest BCUT2D eigenvalue weighted by atomic mass is 9.90. The van der Waals surface area contributed by atoms with Crippen molar-refractivity contribution in [2.24, 2.45) is 5.73 Å². The van der Waals surface area contributed by atoms with E-state index in [1.54, 1.807) is 30.6 Å². The molecule has 12 nitrogen and oxygen atoms in total. The second kappa shape index (κ2) is 13.9. The lowest BCUT2D eigenvalue weighted by Gasteiger charge is -2.18. The molecule has 0 saturated heterocycles. The Kier molecular flexibility index (Phi) is 10.4. The van der Waals surface area contributed by atoms with Crippen LogP contribution in [0.15, 0.2) is 65.7 Å². The van der Waals surface area contributed by atoms with Gasteiger partial charge in [-0.15, -0.1) is 9.78 Å². The minimum absolute atomic E-state index is 0.00445. The van der Waals surface area contributed by atoms with Crippen molar-refractivity contribution in [1.82, 2.24) is 24.7 Å². The SMILES string of the molecule is CCOc1cc(OCC)cc(C(Cc2ccc(C(=N)N)cc2)c2nn(-c3ncccn3)c(=O)[nH]2)c1.O=C(O)C(F)(F)F. The maximum absolute atomic E-state index is 12.8. The Morgan fingerprint density at radius 1 is 1.07 bits per heavy atom. The standard InChI is InChI=1S/C25H27N7O3.C2HF3O2/c1-3-34-19-13-18(14-20(15-19)35-4-2)21(12-16-6-8-17(9-7-16)22(26)27)23-30-25(33)32(31-23)24-28-10-5-11-29-24;3-2(4,5)1(6)7/h5-11,13-15,21H,3-4,12H2,1-2H3,(H3,26,27)(H,30,31,33);(H,6,7). The first-order chi connectivity index (χ1) is 19.9. The third kappa shape index (κ3) is 8.39. The van der Waals surface area contributed by atoms with Gasteiger partial charge in [-0.2, -0.15) is 13.2 Å². The molecule has 0 radical (unpaired) electrons. The minimum atomic E-state index is -5.08. The highest BCUT2D eigenvalue weighted by Gasteiger charge is 2.38. The smallest absolute Gasteiger partial charge is 0.490 e. The lowest BCUT2D eigenvalue weighted by molar-refractivity contribution is -0.192. The fourth-order valence-corrected chi connectivity index (χ4v) is 3.76. The summed E-state index contributed by atoms with van der Waals surface area (Å²) in [6, 6.07) is 14.8. The van der Waals surface area contributed by atoms with Crippen LogP contribution in [0.3, 0.4) is 0 Å². The van der Waals surface area contributed by atoms with E-state index < -0.39 is 17.8 Å². The molecule has 5 N–H and O–H groups in total. The maximum atomic E-state index is 12.8. The topological polar surface area (TPSA) is 182 Å². The first-order valence-corrected chi connectivity index (χ1v) is 12.5. The number of hydrogen-bond donors (Lipinski definition) is 4. The van der Waals surface area contributed by atoms with Crippen LogP contribution in [0, 0.1) is 5.41 Å². The number of hydrogen-bond acceptors (Lipinski definition) is 8. The van der Waals surface area contributed by atoms with Gasteiger partial charge in [0.1, 0.15) is 23.2 Å². The molecule has 2 heterocycles. The maximum Gasteiger partial charge on any atom is 0.490 e. The van der Waals surface area contributed by atoms with Gasteiger partial charge in [-0.25, -0.2) is 19.6 Å². The number of carbonyl (C=O) groups is 1. The van der Waals surface area contributed by atoms with Crippen LogP contribution < -0.4 is 20.9 Å². The average Bonchev–Trinajstić information content (AvgIpc) is 3.33. The summed E-state index contributed by atoms with van der Waals surface area (Å²) in [6.07, 6.45) is -1.46. The molecule has 0 aliphatic heterocycles. The molecule has 0 saturated carbocycles. The summed E-state index contributed by atoms with van der Waals surface area (Å²) in [6.45, 7) is 4.84. The van der Waals surface area contributed by atoms with Crippen LogP contribution in [0.25, 0.3) is 5.95 Å². The fourth-order valence-electron chi connectivity index (χ4n) is 3.76. The van der Waals surface area contributed by atoms with Crippen molar-refractivity contribution in [3.05, 3.63) is 93.9 Å². The number of carboxylic acids is 1. The van der Waals surface area contributed by atoms with Crippen LogP contribution >= 0.6 is 0 Å². The second-order valence-corrected chi connectivity index (χ2v) is 8.55. The highest BCUT2D eigenvalue weighted by atomic mass is 19.4.